The van der Waals surface area contributed by atoms with Gasteiger partial charge in [0.2, 0.25) is 5.91 Å². The first-order valence-corrected chi connectivity index (χ1v) is 3.51. The largest absolute Gasteiger partial charge is 0.306 e. The molecule has 0 unspecified atom stereocenters. The quantitative estimate of drug-likeness (QED) is 0.703. The SMILES string of the molecule is C=CC(=O)Nc1cncc(Cl)n1. The molecule has 1 aromatic heterocycles. The molecule has 0 saturated heterocycles. The molecule has 1 amide bonds. The molecule has 0 aliphatic rings. The highest BCUT2D eigenvalue weighted by Crippen LogP contribution is 2.05. The van der Waals surface area contributed by atoms with Crippen molar-refractivity contribution in [2.75, 3.05) is 5.32 Å². The van der Waals surface area contributed by atoms with Gasteiger partial charge in [-0.3, -0.25) is 9.78 Å². The van der Waals surface area contributed by atoms with Crippen LogP contribution in [0.3, 0.4) is 0 Å². The number of nitrogens with zero attached hydrogens (tertiary/aromatic N) is 2. The Balaban J connectivity index is 2.76. The molecule has 0 aliphatic carbocycles. The first-order chi connectivity index (χ1) is 5.72. The second-order valence-electron chi connectivity index (χ2n) is 1.92. The van der Waals surface area contributed by atoms with E-state index < -0.39 is 0 Å². The third-order valence-electron chi connectivity index (χ3n) is 1.04. The minimum Gasteiger partial charge on any atom is -0.306 e. The molecule has 1 aromatic rings. The summed E-state index contributed by atoms with van der Waals surface area (Å²) in [4.78, 5) is 18.3. The normalized spacial score (nSPS) is 9.08. The van der Waals surface area contributed by atoms with Crippen LogP contribution < -0.4 is 5.32 Å². The highest BCUT2D eigenvalue weighted by Gasteiger charge is 1.98. The van der Waals surface area contributed by atoms with Gasteiger partial charge in [0.05, 0.1) is 12.4 Å². The van der Waals surface area contributed by atoms with Crippen LogP contribution in [-0.2, 0) is 4.79 Å². The Bertz CT molecular complexity index is 313. The highest BCUT2D eigenvalue weighted by atomic mass is 35.5. The van der Waals surface area contributed by atoms with Gasteiger partial charge in [-0.15, -0.1) is 0 Å². The smallest absolute Gasteiger partial charge is 0.248 e. The van der Waals surface area contributed by atoms with Gasteiger partial charge in [0, 0.05) is 0 Å². The summed E-state index contributed by atoms with van der Waals surface area (Å²) in [5, 5.41) is 2.65. The number of hydrogen-bond acceptors (Lipinski definition) is 3. The number of carbonyl (C=O) groups is 1. The van der Waals surface area contributed by atoms with Crippen molar-refractivity contribution in [2.24, 2.45) is 0 Å². The van der Waals surface area contributed by atoms with E-state index in [1.807, 2.05) is 0 Å². The fraction of sp³-hybridized carbons (Fsp3) is 0. The summed E-state index contributed by atoms with van der Waals surface area (Å²) >= 11 is 5.52. The number of halogens is 1. The van der Waals surface area contributed by atoms with E-state index in [9.17, 15) is 4.79 Å². The molecule has 12 heavy (non-hydrogen) atoms. The van der Waals surface area contributed by atoms with Gasteiger partial charge in [0.25, 0.3) is 0 Å². The number of amides is 1. The van der Waals surface area contributed by atoms with Crippen LogP contribution in [0.15, 0.2) is 25.0 Å². The zero-order valence-electron chi connectivity index (χ0n) is 6.12. The zero-order valence-corrected chi connectivity index (χ0v) is 6.88. The molecular formula is C7H6ClN3O. The molecular weight excluding hydrogens is 178 g/mol. The van der Waals surface area contributed by atoms with Crippen molar-refractivity contribution in [1.82, 2.24) is 9.97 Å². The predicted molar refractivity (Wildman–Crippen MR) is 45.9 cm³/mol. The van der Waals surface area contributed by atoms with Crippen molar-refractivity contribution in [2.45, 2.75) is 0 Å². The van der Waals surface area contributed by atoms with Crippen LogP contribution in [0.5, 0.6) is 0 Å². The van der Waals surface area contributed by atoms with Crippen LogP contribution in [0.2, 0.25) is 5.15 Å². The summed E-state index contributed by atoms with van der Waals surface area (Å²) in [6.45, 7) is 3.29. The molecule has 0 bridgehead atoms. The monoisotopic (exact) mass is 183 g/mol. The van der Waals surface area contributed by atoms with Gasteiger partial charge in [0.15, 0.2) is 5.82 Å². The molecule has 1 N–H and O–H groups in total. The van der Waals surface area contributed by atoms with Crippen molar-refractivity contribution in [3.8, 4) is 0 Å². The van der Waals surface area contributed by atoms with Crippen LogP contribution >= 0.6 is 11.6 Å². The van der Waals surface area contributed by atoms with E-state index in [-0.39, 0.29) is 11.1 Å². The van der Waals surface area contributed by atoms with Gasteiger partial charge >= 0.3 is 0 Å². The van der Waals surface area contributed by atoms with Crippen molar-refractivity contribution >= 4 is 23.3 Å². The zero-order chi connectivity index (χ0) is 8.97. The number of rotatable bonds is 2. The van der Waals surface area contributed by atoms with E-state index in [0.29, 0.717) is 5.82 Å². The van der Waals surface area contributed by atoms with E-state index in [2.05, 4.69) is 21.9 Å². The fourth-order valence-corrected chi connectivity index (χ4v) is 0.727. The number of carbonyl (C=O) groups excluding carboxylic acids is 1. The fourth-order valence-electron chi connectivity index (χ4n) is 0.580. The van der Waals surface area contributed by atoms with Crippen LogP contribution in [-0.4, -0.2) is 15.9 Å². The summed E-state index contributed by atoms with van der Waals surface area (Å²) < 4.78 is 0. The maximum atomic E-state index is 10.8. The average molecular weight is 184 g/mol. The Morgan fingerprint density at radius 2 is 2.42 bits per heavy atom. The molecule has 1 heterocycles. The first-order valence-electron chi connectivity index (χ1n) is 3.13. The molecule has 0 radical (unpaired) electrons. The average Bonchev–Trinajstić information content (AvgIpc) is 2.04. The summed E-state index contributed by atoms with van der Waals surface area (Å²) in [6, 6.07) is 0. The standard InChI is InChI=1S/C7H6ClN3O/c1-2-7(12)11-6-4-9-3-5(8)10-6/h2-4H,1H2,(H,10,11,12). The molecule has 0 aliphatic heterocycles. The minimum absolute atomic E-state index is 0.233. The van der Waals surface area contributed by atoms with E-state index in [1.54, 1.807) is 0 Å². The highest BCUT2D eigenvalue weighted by molar-refractivity contribution is 6.29. The molecule has 62 valence electrons. The van der Waals surface area contributed by atoms with Crippen LogP contribution in [0.25, 0.3) is 0 Å². The summed E-state index contributed by atoms with van der Waals surface area (Å²) in [5.41, 5.74) is 0. The molecule has 0 spiro atoms. The molecule has 0 atom stereocenters. The van der Waals surface area contributed by atoms with Gasteiger partial charge in [-0.1, -0.05) is 18.2 Å². The lowest BCUT2D eigenvalue weighted by atomic mass is 10.5. The van der Waals surface area contributed by atoms with E-state index in [0.717, 1.165) is 6.08 Å². The lowest BCUT2D eigenvalue weighted by molar-refractivity contribution is -0.111. The van der Waals surface area contributed by atoms with Gasteiger partial charge in [0.1, 0.15) is 5.15 Å². The Kier molecular flexibility index (Phi) is 2.76. The van der Waals surface area contributed by atoms with Crippen molar-refractivity contribution < 1.29 is 4.79 Å². The lowest BCUT2D eigenvalue weighted by Gasteiger charge is -1.98. The molecule has 1 rings (SSSR count). The van der Waals surface area contributed by atoms with Crippen LogP contribution in [0.1, 0.15) is 0 Å². The molecule has 0 aromatic carbocycles. The van der Waals surface area contributed by atoms with Gasteiger partial charge in [-0.05, 0) is 6.08 Å². The van der Waals surface area contributed by atoms with Gasteiger partial charge < -0.3 is 5.32 Å². The Morgan fingerprint density at radius 1 is 1.67 bits per heavy atom. The van der Waals surface area contributed by atoms with Crippen molar-refractivity contribution in [3.05, 3.63) is 30.2 Å². The van der Waals surface area contributed by atoms with E-state index in [1.165, 1.54) is 12.4 Å². The summed E-state index contributed by atoms with van der Waals surface area (Å²) in [5.74, 6) is -0.0287. The van der Waals surface area contributed by atoms with Gasteiger partial charge in [-0.25, -0.2) is 4.98 Å². The third kappa shape index (κ3) is 2.32. The van der Waals surface area contributed by atoms with Crippen molar-refractivity contribution in [3.63, 3.8) is 0 Å². The lowest BCUT2D eigenvalue weighted by Crippen LogP contribution is -2.08. The predicted octanol–water partition coefficient (Wildman–Crippen LogP) is 1.25. The Hall–Kier alpha value is -1.42. The molecule has 0 fully saturated rings. The number of aromatic nitrogens is 2. The number of hydrogen-bond donors (Lipinski definition) is 1. The molecule has 0 saturated carbocycles. The Morgan fingerprint density at radius 3 is 3.00 bits per heavy atom. The second-order valence-corrected chi connectivity index (χ2v) is 2.31. The van der Waals surface area contributed by atoms with Gasteiger partial charge in [-0.2, -0.15) is 0 Å². The first kappa shape index (κ1) is 8.67. The van der Waals surface area contributed by atoms with Crippen LogP contribution in [0.4, 0.5) is 5.82 Å². The summed E-state index contributed by atoms with van der Waals surface area (Å²) in [7, 11) is 0. The summed E-state index contributed by atoms with van der Waals surface area (Å²) in [6.07, 6.45) is 3.92. The number of nitrogens with one attached hydrogen (secondary N) is 1. The van der Waals surface area contributed by atoms with Crippen LogP contribution in [0, 0.1) is 0 Å². The third-order valence-corrected chi connectivity index (χ3v) is 1.22. The maximum absolute atomic E-state index is 10.8. The topological polar surface area (TPSA) is 54.9 Å². The molecule has 4 nitrogen and oxygen atoms in total. The number of anilines is 1. The van der Waals surface area contributed by atoms with E-state index in [4.69, 9.17) is 11.6 Å². The second kappa shape index (κ2) is 3.82. The Labute approximate surface area is 74.3 Å². The van der Waals surface area contributed by atoms with E-state index >= 15 is 0 Å². The maximum Gasteiger partial charge on any atom is 0.248 e. The molecule has 5 heteroatoms. The van der Waals surface area contributed by atoms with Crippen molar-refractivity contribution in [1.29, 1.82) is 0 Å². The minimum atomic E-state index is -0.341.